The maximum absolute atomic E-state index is 12.3. The minimum Gasteiger partial charge on any atom is -0.491 e. The van der Waals surface area contributed by atoms with Gasteiger partial charge in [-0.05, 0) is 80.2 Å². The van der Waals surface area contributed by atoms with Crippen LogP contribution in [0.3, 0.4) is 0 Å². The van der Waals surface area contributed by atoms with Gasteiger partial charge in [0.2, 0.25) is 11.9 Å². The van der Waals surface area contributed by atoms with Crippen molar-refractivity contribution in [3.05, 3.63) is 34.9 Å². The van der Waals surface area contributed by atoms with E-state index in [4.69, 9.17) is 23.7 Å². The van der Waals surface area contributed by atoms with Crippen LogP contribution in [-0.2, 0) is 23.7 Å². The van der Waals surface area contributed by atoms with E-state index in [1.54, 1.807) is 6.20 Å². The van der Waals surface area contributed by atoms with Crippen LogP contribution in [0.4, 0.5) is 22.2 Å². The molecule has 3 N–H and O–H groups in total. The van der Waals surface area contributed by atoms with E-state index >= 15 is 0 Å². The second kappa shape index (κ2) is 20.1. The Morgan fingerprint density at radius 2 is 1.61 bits per heavy atom. The second-order valence-electron chi connectivity index (χ2n) is 11.8. The number of hydrogen-bond acceptors (Lipinski definition) is 11. The van der Waals surface area contributed by atoms with Gasteiger partial charge in [0.05, 0.1) is 44.1 Å². The van der Waals surface area contributed by atoms with Gasteiger partial charge in [0.25, 0.3) is 0 Å². The largest absolute Gasteiger partial charge is 0.491 e. The van der Waals surface area contributed by atoms with Gasteiger partial charge in [-0.2, -0.15) is 4.98 Å². The molecule has 0 saturated heterocycles. The van der Waals surface area contributed by atoms with Crippen LogP contribution in [0, 0.1) is 5.92 Å². The Hall–Kier alpha value is -3.20. The van der Waals surface area contributed by atoms with E-state index in [2.05, 4.69) is 41.8 Å². The first-order valence-electron chi connectivity index (χ1n) is 15.8. The fourth-order valence-electron chi connectivity index (χ4n) is 4.21. The van der Waals surface area contributed by atoms with Gasteiger partial charge in [-0.25, -0.2) is 9.78 Å². The molecule has 1 aliphatic rings. The lowest BCUT2D eigenvalue weighted by Gasteiger charge is -2.29. The summed E-state index contributed by atoms with van der Waals surface area (Å²) < 4.78 is 28.1. The van der Waals surface area contributed by atoms with Crippen LogP contribution in [0.25, 0.3) is 0 Å². The van der Waals surface area contributed by atoms with Crippen molar-refractivity contribution in [1.29, 1.82) is 0 Å². The number of alkyl carbamates (subject to hydrolysis) is 1. The molecule has 1 saturated carbocycles. The second-order valence-corrected chi connectivity index (χ2v) is 12.7. The summed E-state index contributed by atoms with van der Waals surface area (Å²) in [6.07, 6.45) is 5.27. The average molecular weight is 710 g/mol. The van der Waals surface area contributed by atoms with E-state index in [1.807, 2.05) is 57.0 Å². The van der Waals surface area contributed by atoms with Crippen molar-refractivity contribution in [3.8, 4) is 5.75 Å². The molecule has 2 amide bonds. The van der Waals surface area contributed by atoms with Crippen molar-refractivity contribution in [2.75, 3.05) is 83.6 Å². The molecule has 1 aromatic heterocycles. The summed E-state index contributed by atoms with van der Waals surface area (Å²) in [5, 5.41) is 9.18. The zero-order chi connectivity index (χ0) is 33.2. The van der Waals surface area contributed by atoms with Gasteiger partial charge in [-0.15, -0.1) is 0 Å². The molecule has 0 bridgehead atoms. The number of nitrogens with one attached hydrogen (secondary N) is 3. The number of carbonyl (C=O) groups is 2. The summed E-state index contributed by atoms with van der Waals surface area (Å²) in [6, 6.07) is 7.53. The van der Waals surface area contributed by atoms with Crippen LogP contribution in [-0.4, -0.2) is 105 Å². The van der Waals surface area contributed by atoms with Crippen molar-refractivity contribution < 1.29 is 33.3 Å². The summed E-state index contributed by atoms with van der Waals surface area (Å²) in [4.78, 5) is 34.6. The SMILES string of the molecule is CN(CCCNc1nc(Nc2ccc(OCCOCCOCCOCCNC(=O)OC(C)(C)C)cc2)ncc1Br)C(=O)C1CCC1. The highest BCUT2D eigenvalue weighted by atomic mass is 79.9. The van der Waals surface area contributed by atoms with E-state index < -0.39 is 11.7 Å². The monoisotopic (exact) mass is 708 g/mol. The Kier molecular flexibility index (Phi) is 16.3. The normalized spacial score (nSPS) is 13.1. The lowest BCUT2D eigenvalue weighted by Crippen LogP contribution is -2.37. The molecule has 3 rings (SSSR count). The summed E-state index contributed by atoms with van der Waals surface area (Å²) in [7, 11) is 1.88. The number of carbonyl (C=O) groups excluding carboxylic acids is 2. The summed E-state index contributed by atoms with van der Waals surface area (Å²) in [5.74, 6) is 2.36. The van der Waals surface area contributed by atoms with E-state index in [1.165, 1.54) is 0 Å². The molecule has 14 heteroatoms. The number of amides is 2. The van der Waals surface area contributed by atoms with Gasteiger partial charge in [-0.1, -0.05) is 6.42 Å². The molecule has 46 heavy (non-hydrogen) atoms. The number of nitrogens with zero attached hydrogens (tertiary/aromatic N) is 3. The predicted octanol–water partition coefficient (Wildman–Crippen LogP) is 5.00. The standard InChI is InChI=1S/C32H49BrN6O7/c1-32(2,3)46-31(41)35-14-16-42-17-18-43-19-20-44-21-22-45-26-11-9-25(10-12-26)37-30-36-23-27(33)28(38-30)34-13-6-15-39(4)29(40)24-7-5-8-24/h9-12,23-24H,5-8,13-22H2,1-4H3,(H,35,41)(H2,34,36,37,38). The molecular formula is C32H49BrN6O7. The Labute approximate surface area is 280 Å². The third-order valence-corrected chi connectivity index (χ3v) is 7.38. The number of anilines is 3. The molecule has 0 unspecified atom stereocenters. The highest BCUT2D eigenvalue weighted by Crippen LogP contribution is 2.28. The fraction of sp³-hybridized carbons (Fsp3) is 0.625. The molecule has 1 fully saturated rings. The third-order valence-electron chi connectivity index (χ3n) is 6.80. The van der Waals surface area contributed by atoms with Crippen LogP contribution in [0.5, 0.6) is 5.75 Å². The number of halogens is 1. The van der Waals surface area contributed by atoms with Crippen molar-refractivity contribution in [2.45, 2.75) is 52.1 Å². The number of ether oxygens (including phenoxy) is 5. The lowest BCUT2D eigenvalue weighted by molar-refractivity contribution is -0.136. The average Bonchev–Trinajstić information content (AvgIpc) is 2.98. The Morgan fingerprint density at radius 1 is 0.957 bits per heavy atom. The van der Waals surface area contributed by atoms with Gasteiger partial charge >= 0.3 is 6.09 Å². The first-order valence-corrected chi connectivity index (χ1v) is 16.6. The first kappa shape index (κ1) is 37.3. The van der Waals surface area contributed by atoms with Crippen molar-refractivity contribution in [3.63, 3.8) is 0 Å². The maximum atomic E-state index is 12.3. The van der Waals surface area contributed by atoms with E-state index in [-0.39, 0.29) is 11.8 Å². The zero-order valence-electron chi connectivity index (χ0n) is 27.4. The Bertz CT molecular complexity index is 1190. The van der Waals surface area contributed by atoms with Crippen molar-refractivity contribution in [1.82, 2.24) is 20.2 Å². The molecule has 1 heterocycles. The summed E-state index contributed by atoms with van der Waals surface area (Å²) in [5.41, 5.74) is 0.309. The number of aromatic nitrogens is 2. The van der Waals surface area contributed by atoms with Gasteiger partial charge in [0, 0.05) is 44.5 Å². The van der Waals surface area contributed by atoms with Crippen LogP contribution in [0.2, 0.25) is 0 Å². The van der Waals surface area contributed by atoms with Gasteiger partial charge in [0.15, 0.2) is 0 Å². The van der Waals surface area contributed by atoms with Crippen molar-refractivity contribution >= 4 is 45.4 Å². The van der Waals surface area contributed by atoms with Crippen LogP contribution >= 0.6 is 15.9 Å². The molecule has 0 atom stereocenters. The minimum atomic E-state index is -0.518. The molecule has 0 aliphatic heterocycles. The van der Waals surface area contributed by atoms with Crippen LogP contribution in [0.1, 0.15) is 46.5 Å². The van der Waals surface area contributed by atoms with E-state index in [0.29, 0.717) is 77.6 Å². The molecule has 256 valence electrons. The highest BCUT2D eigenvalue weighted by molar-refractivity contribution is 9.10. The van der Waals surface area contributed by atoms with Gasteiger partial charge in [-0.3, -0.25) is 4.79 Å². The molecule has 0 radical (unpaired) electrons. The molecule has 13 nitrogen and oxygen atoms in total. The first-order chi connectivity index (χ1) is 22.1. The van der Waals surface area contributed by atoms with Crippen LogP contribution in [0.15, 0.2) is 34.9 Å². The highest BCUT2D eigenvalue weighted by Gasteiger charge is 2.27. The quantitative estimate of drug-likeness (QED) is 0.151. The third kappa shape index (κ3) is 14.9. The van der Waals surface area contributed by atoms with E-state index in [0.717, 1.165) is 41.6 Å². The number of rotatable bonds is 21. The summed E-state index contributed by atoms with van der Waals surface area (Å²) >= 11 is 3.50. The topological polar surface area (TPSA) is 145 Å². The maximum Gasteiger partial charge on any atom is 0.407 e. The molecule has 2 aromatic rings. The molecule has 1 aliphatic carbocycles. The zero-order valence-corrected chi connectivity index (χ0v) is 29.0. The predicted molar refractivity (Wildman–Crippen MR) is 180 cm³/mol. The molecule has 1 aromatic carbocycles. The van der Waals surface area contributed by atoms with Gasteiger partial charge < -0.3 is 44.5 Å². The number of benzene rings is 1. The molecule has 0 spiro atoms. The number of hydrogen-bond donors (Lipinski definition) is 3. The Morgan fingerprint density at radius 3 is 2.24 bits per heavy atom. The van der Waals surface area contributed by atoms with E-state index in [9.17, 15) is 9.59 Å². The molecular weight excluding hydrogens is 660 g/mol. The smallest absolute Gasteiger partial charge is 0.407 e. The Balaban J connectivity index is 1.20. The van der Waals surface area contributed by atoms with Gasteiger partial charge in [0.1, 0.15) is 23.8 Å². The fourth-order valence-corrected chi connectivity index (χ4v) is 4.55. The minimum absolute atomic E-state index is 0.223. The van der Waals surface area contributed by atoms with Crippen LogP contribution < -0.4 is 20.7 Å². The lowest BCUT2D eigenvalue weighted by atomic mass is 9.84. The van der Waals surface area contributed by atoms with Crippen molar-refractivity contribution in [2.24, 2.45) is 5.92 Å². The summed E-state index contributed by atoms with van der Waals surface area (Å²) in [6.45, 7) is 10.2.